The lowest BCUT2D eigenvalue weighted by Crippen LogP contribution is -2.00. The average molecular weight is 257 g/mol. The second kappa shape index (κ2) is 5.74. The molecule has 0 radical (unpaired) electrons. The molecule has 0 saturated heterocycles. The molecule has 3 heteroatoms. The molecule has 0 aliphatic rings. The van der Waals surface area contributed by atoms with Crippen molar-refractivity contribution >= 4 is 5.71 Å². The molecule has 19 heavy (non-hydrogen) atoms. The van der Waals surface area contributed by atoms with E-state index in [4.69, 9.17) is 9.15 Å². The molecule has 0 fully saturated rings. The van der Waals surface area contributed by atoms with Crippen molar-refractivity contribution in [1.29, 1.82) is 0 Å². The van der Waals surface area contributed by atoms with Gasteiger partial charge in [0.05, 0.1) is 18.9 Å². The number of para-hydroxylation sites is 1. The molecule has 2 rings (SSSR count). The average Bonchev–Trinajstić information content (AvgIpc) is 2.85. The molecule has 1 heterocycles. The summed E-state index contributed by atoms with van der Waals surface area (Å²) in [7, 11) is 1.68. The topological polar surface area (TPSA) is 34.7 Å². The molecular weight excluding hydrogens is 238 g/mol. The predicted molar refractivity (Wildman–Crippen MR) is 77.1 cm³/mol. The Morgan fingerprint density at radius 2 is 1.95 bits per heavy atom. The molecule has 2 aromatic rings. The van der Waals surface area contributed by atoms with E-state index in [-0.39, 0.29) is 6.04 Å². The second-order valence-corrected chi connectivity index (χ2v) is 4.54. The van der Waals surface area contributed by atoms with Crippen molar-refractivity contribution < 1.29 is 9.15 Å². The Morgan fingerprint density at radius 3 is 2.58 bits per heavy atom. The van der Waals surface area contributed by atoms with Gasteiger partial charge < -0.3 is 9.15 Å². The van der Waals surface area contributed by atoms with E-state index < -0.39 is 0 Å². The Morgan fingerprint density at radius 1 is 1.21 bits per heavy atom. The van der Waals surface area contributed by atoms with Gasteiger partial charge in [-0.3, -0.25) is 4.99 Å². The van der Waals surface area contributed by atoms with Gasteiger partial charge in [0.15, 0.2) is 0 Å². The third-order valence-corrected chi connectivity index (χ3v) is 3.07. The minimum absolute atomic E-state index is 0.0292. The summed E-state index contributed by atoms with van der Waals surface area (Å²) in [5, 5.41) is 0. The van der Waals surface area contributed by atoms with Gasteiger partial charge >= 0.3 is 0 Å². The Hall–Kier alpha value is -2.03. The van der Waals surface area contributed by atoms with Crippen molar-refractivity contribution in [3.05, 3.63) is 53.5 Å². The molecule has 1 unspecified atom stereocenters. The van der Waals surface area contributed by atoms with E-state index in [1.165, 1.54) is 0 Å². The summed E-state index contributed by atoms with van der Waals surface area (Å²) in [5.41, 5.74) is 1.97. The van der Waals surface area contributed by atoms with Crippen LogP contribution in [-0.2, 0) is 0 Å². The van der Waals surface area contributed by atoms with Crippen molar-refractivity contribution in [3.8, 4) is 5.75 Å². The van der Waals surface area contributed by atoms with Crippen LogP contribution in [-0.4, -0.2) is 12.8 Å². The van der Waals surface area contributed by atoms with Crippen LogP contribution >= 0.6 is 0 Å². The SMILES string of the molecule is COc1ccccc1C(C)N=C(C)c1ccc(C)o1. The highest BCUT2D eigenvalue weighted by atomic mass is 16.5. The molecule has 1 aromatic heterocycles. The van der Waals surface area contributed by atoms with Gasteiger partial charge in [0.2, 0.25) is 0 Å². The normalized spacial score (nSPS) is 13.4. The van der Waals surface area contributed by atoms with Gasteiger partial charge in [0, 0.05) is 5.56 Å². The summed E-state index contributed by atoms with van der Waals surface area (Å²) in [5.74, 6) is 2.58. The van der Waals surface area contributed by atoms with Gasteiger partial charge in [0.1, 0.15) is 17.3 Å². The van der Waals surface area contributed by atoms with Gasteiger partial charge in [0.25, 0.3) is 0 Å². The molecule has 0 amide bonds. The lowest BCUT2D eigenvalue weighted by Gasteiger charge is -2.12. The van der Waals surface area contributed by atoms with Gasteiger partial charge in [-0.05, 0) is 39.0 Å². The van der Waals surface area contributed by atoms with Crippen LogP contribution in [0.3, 0.4) is 0 Å². The molecule has 1 aromatic carbocycles. The Bertz CT molecular complexity index is 584. The predicted octanol–water partition coefficient (Wildman–Crippen LogP) is 4.17. The van der Waals surface area contributed by atoms with Crippen LogP contribution in [0.1, 0.15) is 37.0 Å². The highest BCUT2D eigenvalue weighted by Crippen LogP contribution is 2.27. The number of aryl methyl sites for hydroxylation is 1. The number of ether oxygens (including phenoxy) is 1. The molecule has 0 bridgehead atoms. The molecule has 100 valence electrons. The van der Waals surface area contributed by atoms with E-state index in [0.717, 1.165) is 28.5 Å². The number of benzene rings is 1. The monoisotopic (exact) mass is 257 g/mol. The van der Waals surface area contributed by atoms with Gasteiger partial charge in [-0.1, -0.05) is 18.2 Å². The number of nitrogens with zero attached hydrogens (tertiary/aromatic N) is 1. The van der Waals surface area contributed by atoms with Crippen LogP contribution < -0.4 is 4.74 Å². The first-order valence-electron chi connectivity index (χ1n) is 6.36. The summed E-state index contributed by atoms with van der Waals surface area (Å²) in [6.07, 6.45) is 0. The number of hydrogen-bond acceptors (Lipinski definition) is 3. The lowest BCUT2D eigenvalue weighted by atomic mass is 10.1. The quantitative estimate of drug-likeness (QED) is 0.770. The highest BCUT2D eigenvalue weighted by Gasteiger charge is 2.11. The van der Waals surface area contributed by atoms with E-state index in [9.17, 15) is 0 Å². The lowest BCUT2D eigenvalue weighted by molar-refractivity contribution is 0.407. The fourth-order valence-corrected chi connectivity index (χ4v) is 2.06. The summed E-state index contributed by atoms with van der Waals surface area (Å²) in [4.78, 5) is 4.68. The summed E-state index contributed by atoms with van der Waals surface area (Å²) >= 11 is 0. The van der Waals surface area contributed by atoms with Crippen molar-refractivity contribution in [1.82, 2.24) is 0 Å². The first kappa shape index (κ1) is 13.4. The zero-order valence-electron chi connectivity index (χ0n) is 11.8. The summed E-state index contributed by atoms with van der Waals surface area (Å²) < 4.78 is 10.9. The van der Waals surface area contributed by atoms with Crippen LogP contribution in [0.25, 0.3) is 0 Å². The van der Waals surface area contributed by atoms with Crippen LogP contribution in [0.4, 0.5) is 0 Å². The first-order valence-corrected chi connectivity index (χ1v) is 6.36. The van der Waals surface area contributed by atoms with Gasteiger partial charge in [-0.25, -0.2) is 0 Å². The number of methoxy groups -OCH3 is 1. The van der Waals surface area contributed by atoms with Crippen LogP contribution in [0, 0.1) is 6.92 Å². The maximum absolute atomic E-state index is 5.58. The maximum Gasteiger partial charge on any atom is 0.147 e. The highest BCUT2D eigenvalue weighted by molar-refractivity contribution is 5.96. The fraction of sp³-hybridized carbons (Fsp3) is 0.312. The van der Waals surface area contributed by atoms with E-state index in [2.05, 4.69) is 11.9 Å². The molecule has 0 spiro atoms. The minimum atomic E-state index is 0.0292. The van der Waals surface area contributed by atoms with E-state index in [1.54, 1.807) is 7.11 Å². The zero-order valence-corrected chi connectivity index (χ0v) is 11.8. The Labute approximate surface area is 113 Å². The molecule has 3 nitrogen and oxygen atoms in total. The third kappa shape index (κ3) is 3.05. The summed E-state index contributed by atoms with van der Waals surface area (Å²) in [6, 6.07) is 11.9. The van der Waals surface area contributed by atoms with Crippen LogP contribution in [0.5, 0.6) is 5.75 Å². The second-order valence-electron chi connectivity index (χ2n) is 4.54. The zero-order chi connectivity index (χ0) is 13.8. The van der Waals surface area contributed by atoms with E-state index in [0.29, 0.717) is 0 Å². The van der Waals surface area contributed by atoms with E-state index in [1.807, 2.05) is 50.2 Å². The smallest absolute Gasteiger partial charge is 0.147 e. The Balaban J connectivity index is 2.27. The first-order chi connectivity index (χ1) is 9.11. The molecular formula is C16H19NO2. The largest absolute Gasteiger partial charge is 0.496 e. The van der Waals surface area contributed by atoms with Crippen molar-refractivity contribution in [3.63, 3.8) is 0 Å². The molecule has 1 atom stereocenters. The van der Waals surface area contributed by atoms with Crippen LogP contribution in [0.2, 0.25) is 0 Å². The van der Waals surface area contributed by atoms with Crippen LogP contribution in [0.15, 0.2) is 45.8 Å². The number of hydrogen-bond donors (Lipinski definition) is 0. The van der Waals surface area contributed by atoms with Gasteiger partial charge in [-0.15, -0.1) is 0 Å². The summed E-state index contributed by atoms with van der Waals surface area (Å²) in [6.45, 7) is 5.95. The van der Waals surface area contributed by atoms with E-state index >= 15 is 0 Å². The fourth-order valence-electron chi connectivity index (χ4n) is 2.06. The maximum atomic E-state index is 5.58. The Kier molecular flexibility index (Phi) is 4.05. The molecule has 0 saturated carbocycles. The third-order valence-electron chi connectivity index (χ3n) is 3.07. The number of rotatable bonds is 4. The number of aliphatic imine (C=N–C) groups is 1. The number of furan rings is 1. The minimum Gasteiger partial charge on any atom is -0.496 e. The standard InChI is InChI=1S/C16H19NO2/c1-11-9-10-15(19-11)13(3)17-12(2)14-7-5-6-8-16(14)18-4/h5-10,12H,1-4H3. The van der Waals surface area contributed by atoms with Crippen molar-refractivity contribution in [2.75, 3.05) is 7.11 Å². The van der Waals surface area contributed by atoms with Crippen molar-refractivity contribution in [2.24, 2.45) is 4.99 Å². The van der Waals surface area contributed by atoms with Gasteiger partial charge in [-0.2, -0.15) is 0 Å². The molecule has 0 N–H and O–H groups in total. The van der Waals surface area contributed by atoms with Crippen molar-refractivity contribution in [2.45, 2.75) is 26.8 Å². The molecule has 0 aliphatic heterocycles. The molecule has 0 aliphatic carbocycles.